The van der Waals surface area contributed by atoms with Crippen molar-refractivity contribution in [1.82, 2.24) is 19.6 Å². The molecule has 0 saturated carbocycles. The van der Waals surface area contributed by atoms with E-state index in [0.29, 0.717) is 10.2 Å². The first-order valence-electron chi connectivity index (χ1n) is 6.59. The van der Waals surface area contributed by atoms with Gasteiger partial charge in [0, 0.05) is 4.88 Å². The maximum atomic E-state index is 12.6. The Balaban J connectivity index is 2.21. The zero-order chi connectivity index (χ0) is 13.9. The Kier molecular flexibility index (Phi) is 2.35. The molecule has 3 aromatic rings. The van der Waals surface area contributed by atoms with E-state index in [2.05, 4.69) is 15.1 Å². The van der Waals surface area contributed by atoms with E-state index in [1.165, 1.54) is 9.39 Å². The first kappa shape index (κ1) is 11.8. The van der Waals surface area contributed by atoms with Crippen LogP contribution in [0, 0.1) is 6.92 Å². The fourth-order valence-corrected chi connectivity index (χ4v) is 4.01. The maximum Gasteiger partial charge on any atom is 0.284 e. The zero-order valence-electron chi connectivity index (χ0n) is 10.9. The molecule has 7 heteroatoms. The number of rotatable bonds is 0. The highest BCUT2D eigenvalue weighted by Gasteiger charge is 2.21. The molecule has 0 radical (unpaired) electrons. The number of nitrogens with zero attached hydrogens (tertiary/aromatic N) is 3. The van der Waals surface area contributed by atoms with Crippen LogP contribution in [-0.4, -0.2) is 19.6 Å². The van der Waals surface area contributed by atoms with Crippen LogP contribution in [0.15, 0.2) is 9.59 Å². The summed E-state index contributed by atoms with van der Waals surface area (Å²) in [4.78, 5) is 33.2. The molecule has 4 rings (SSSR count). The predicted molar refractivity (Wildman–Crippen MR) is 76.6 cm³/mol. The van der Waals surface area contributed by atoms with Crippen LogP contribution in [-0.2, 0) is 12.8 Å². The summed E-state index contributed by atoms with van der Waals surface area (Å²) in [6.07, 6.45) is 4.22. The van der Waals surface area contributed by atoms with Gasteiger partial charge < -0.3 is 0 Å². The van der Waals surface area contributed by atoms with Crippen molar-refractivity contribution < 1.29 is 0 Å². The molecule has 102 valence electrons. The highest BCUT2D eigenvalue weighted by atomic mass is 32.1. The largest absolute Gasteiger partial charge is 0.289 e. The number of nitrogens with one attached hydrogen (secondary N) is 1. The quantitative estimate of drug-likeness (QED) is 0.673. The Hall–Kier alpha value is -2.02. The lowest BCUT2D eigenvalue weighted by atomic mass is 9.97. The summed E-state index contributed by atoms with van der Waals surface area (Å²) in [7, 11) is 0. The molecule has 20 heavy (non-hydrogen) atoms. The molecule has 1 N–H and O–H groups in total. The van der Waals surface area contributed by atoms with Gasteiger partial charge in [0.2, 0.25) is 5.78 Å². The van der Waals surface area contributed by atoms with Crippen LogP contribution in [0.1, 0.15) is 29.0 Å². The van der Waals surface area contributed by atoms with Gasteiger partial charge in [0.25, 0.3) is 11.1 Å². The van der Waals surface area contributed by atoms with Gasteiger partial charge in [-0.1, -0.05) is 0 Å². The predicted octanol–water partition coefficient (Wildman–Crippen LogP) is 1.18. The molecule has 0 bridgehead atoms. The lowest BCUT2D eigenvalue weighted by molar-refractivity contribution is 0.699. The molecule has 0 saturated heterocycles. The van der Waals surface area contributed by atoms with Crippen molar-refractivity contribution in [2.24, 2.45) is 0 Å². The van der Waals surface area contributed by atoms with E-state index in [-0.39, 0.29) is 22.6 Å². The normalized spacial score (nSPS) is 14.8. The van der Waals surface area contributed by atoms with Crippen molar-refractivity contribution in [3.63, 3.8) is 0 Å². The van der Waals surface area contributed by atoms with Crippen molar-refractivity contribution in [3.05, 3.63) is 36.8 Å². The van der Waals surface area contributed by atoms with Crippen molar-refractivity contribution in [3.8, 4) is 0 Å². The van der Waals surface area contributed by atoms with Crippen LogP contribution >= 0.6 is 11.3 Å². The standard InChI is InChI=1S/C13H12N4O2S/c1-6-10(18)14-13-15-11-9(12(19)17(13)16-6)7-4-2-3-5-8(7)20-11/h2-5H2,1H3,(H,14,15,18). The minimum absolute atomic E-state index is 0.177. The van der Waals surface area contributed by atoms with E-state index in [9.17, 15) is 9.59 Å². The van der Waals surface area contributed by atoms with Crippen LogP contribution < -0.4 is 11.1 Å². The summed E-state index contributed by atoms with van der Waals surface area (Å²) in [5.41, 5.74) is 0.917. The SMILES string of the molecule is Cc1nn2c(=O)c3c4c(sc3nc2[nH]c1=O)CCCC4. The Morgan fingerprint density at radius 3 is 2.90 bits per heavy atom. The summed E-state index contributed by atoms with van der Waals surface area (Å²) in [6.45, 7) is 1.58. The Morgan fingerprint density at radius 2 is 2.05 bits per heavy atom. The number of hydrogen-bond donors (Lipinski definition) is 1. The van der Waals surface area contributed by atoms with Crippen molar-refractivity contribution in [1.29, 1.82) is 0 Å². The van der Waals surface area contributed by atoms with Gasteiger partial charge in [-0.3, -0.25) is 14.6 Å². The summed E-state index contributed by atoms with van der Waals surface area (Å²) in [5, 5.41) is 4.74. The van der Waals surface area contributed by atoms with Gasteiger partial charge >= 0.3 is 0 Å². The van der Waals surface area contributed by atoms with E-state index < -0.39 is 0 Å². The summed E-state index contributed by atoms with van der Waals surface area (Å²) >= 11 is 1.56. The number of aromatic nitrogens is 4. The first-order valence-corrected chi connectivity index (χ1v) is 7.41. The number of thiophene rings is 1. The molecule has 1 aliphatic carbocycles. The second kappa shape index (κ2) is 3.99. The molecule has 0 spiro atoms. The van der Waals surface area contributed by atoms with Crippen LogP contribution in [0.4, 0.5) is 0 Å². The average molecular weight is 288 g/mol. The van der Waals surface area contributed by atoms with Gasteiger partial charge in [-0.25, -0.2) is 4.98 Å². The van der Waals surface area contributed by atoms with Crippen LogP contribution in [0.2, 0.25) is 0 Å². The smallest absolute Gasteiger partial charge is 0.284 e. The second-order valence-corrected chi connectivity index (χ2v) is 6.17. The Bertz CT molecular complexity index is 966. The topological polar surface area (TPSA) is 80.1 Å². The van der Waals surface area contributed by atoms with Gasteiger partial charge in [-0.05, 0) is 38.2 Å². The number of fused-ring (bicyclic) bond motifs is 4. The van der Waals surface area contributed by atoms with Crippen molar-refractivity contribution in [2.75, 3.05) is 0 Å². The minimum atomic E-state index is -0.308. The fraction of sp³-hybridized carbons (Fsp3) is 0.385. The van der Waals surface area contributed by atoms with E-state index in [4.69, 9.17) is 0 Å². The summed E-state index contributed by atoms with van der Waals surface area (Å²) < 4.78 is 1.21. The average Bonchev–Trinajstić information content (AvgIpc) is 2.80. The lowest BCUT2D eigenvalue weighted by Crippen LogP contribution is -2.25. The Morgan fingerprint density at radius 1 is 1.25 bits per heavy atom. The molecule has 0 amide bonds. The van der Waals surface area contributed by atoms with E-state index >= 15 is 0 Å². The molecule has 0 aromatic carbocycles. The summed E-state index contributed by atoms with van der Waals surface area (Å²) in [6, 6.07) is 0. The van der Waals surface area contributed by atoms with E-state index in [1.54, 1.807) is 18.3 Å². The third-order valence-corrected chi connectivity index (χ3v) is 4.96. The van der Waals surface area contributed by atoms with E-state index in [0.717, 1.165) is 31.2 Å². The molecular weight excluding hydrogens is 276 g/mol. The second-order valence-electron chi connectivity index (χ2n) is 5.08. The van der Waals surface area contributed by atoms with Gasteiger partial charge in [0.1, 0.15) is 10.5 Å². The summed E-state index contributed by atoms with van der Waals surface area (Å²) in [5.74, 6) is 0.219. The first-order chi connectivity index (χ1) is 9.65. The van der Waals surface area contributed by atoms with E-state index in [1.807, 2.05) is 0 Å². The molecule has 0 fully saturated rings. The van der Waals surface area contributed by atoms with Crippen LogP contribution in [0.5, 0.6) is 0 Å². The number of hydrogen-bond acceptors (Lipinski definition) is 5. The minimum Gasteiger partial charge on any atom is -0.289 e. The maximum absolute atomic E-state index is 12.6. The number of H-pyrrole nitrogens is 1. The van der Waals surface area contributed by atoms with Gasteiger partial charge in [-0.15, -0.1) is 11.3 Å². The van der Waals surface area contributed by atoms with Gasteiger partial charge in [0.05, 0.1) is 5.39 Å². The Labute approximate surface area is 117 Å². The number of aryl methyl sites for hydroxylation is 3. The molecule has 3 aromatic heterocycles. The molecule has 0 atom stereocenters. The highest BCUT2D eigenvalue weighted by molar-refractivity contribution is 7.18. The van der Waals surface area contributed by atoms with Gasteiger partial charge in [-0.2, -0.15) is 9.61 Å². The number of aromatic amines is 1. The molecule has 3 heterocycles. The molecule has 0 aliphatic heterocycles. The molecule has 1 aliphatic rings. The molecular formula is C13H12N4O2S. The van der Waals surface area contributed by atoms with Crippen LogP contribution in [0.25, 0.3) is 16.0 Å². The van der Waals surface area contributed by atoms with Crippen molar-refractivity contribution in [2.45, 2.75) is 32.6 Å². The zero-order valence-corrected chi connectivity index (χ0v) is 11.7. The van der Waals surface area contributed by atoms with Gasteiger partial charge in [0.15, 0.2) is 0 Å². The lowest BCUT2D eigenvalue weighted by Gasteiger charge is -2.09. The third-order valence-electron chi connectivity index (χ3n) is 3.77. The third kappa shape index (κ3) is 1.49. The monoisotopic (exact) mass is 288 g/mol. The van der Waals surface area contributed by atoms with Crippen LogP contribution in [0.3, 0.4) is 0 Å². The highest BCUT2D eigenvalue weighted by Crippen LogP contribution is 2.33. The molecule has 0 unspecified atom stereocenters. The fourth-order valence-electron chi connectivity index (χ4n) is 2.76. The van der Waals surface area contributed by atoms with Crippen molar-refractivity contribution >= 4 is 27.3 Å². The molecule has 6 nitrogen and oxygen atoms in total.